The summed E-state index contributed by atoms with van der Waals surface area (Å²) in [5.41, 5.74) is 0.797. The number of hydrogen-bond donors (Lipinski definition) is 2. The molecule has 0 fully saturated rings. The van der Waals surface area contributed by atoms with Gasteiger partial charge in [0, 0.05) is 17.0 Å². The van der Waals surface area contributed by atoms with Crippen LogP contribution in [0.3, 0.4) is 0 Å². The first kappa shape index (κ1) is 11.7. The van der Waals surface area contributed by atoms with Gasteiger partial charge in [-0.25, -0.2) is 9.97 Å². The van der Waals surface area contributed by atoms with Crippen LogP contribution in [-0.4, -0.2) is 21.8 Å². The lowest BCUT2D eigenvalue weighted by molar-refractivity contribution is -0.132. The zero-order valence-corrected chi connectivity index (χ0v) is 10.4. The molecule has 2 rings (SSSR count). The maximum Gasteiger partial charge on any atom is 0.315 e. The van der Waals surface area contributed by atoms with Crippen molar-refractivity contribution in [2.75, 3.05) is 10.6 Å². The number of thiazole rings is 2. The number of nitrogens with zero attached hydrogens (tertiary/aromatic N) is 2. The molecule has 88 valence electrons. The van der Waals surface area contributed by atoms with Gasteiger partial charge in [0.2, 0.25) is 0 Å². The largest absolute Gasteiger partial charge is 0.315 e. The standard InChI is InChI=1S/C9H8N4O2S2/c1-5-4-17-9(11-5)13-7(15)6(14)12-8-10-2-3-16-8/h2-4H,1H3,(H,10,12,14)(H,11,13,15). The predicted molar refractivity (Wildman–Crippen MR) is 66.2 cm³/mol. The van der Waals surface area contributed by atoms with Crippen LogP contribution in [0, 0.1) is 6.92 Å². The van der Waals surface area contributed by atoms with E-state index in [9.17, 15) is 9.59 Å². The Morgan fingerprint density at radius 1 is 1.18 bits per heavy atom. The molecule has 0 spiro atoms. The fourth-order valence-corrected chi connectivity index (χ4v) is 2.21. The van der Waals surface area contributed by atoms with Crippen LogP contribution < -0.4 is 10.6 Å². The van der Waals surface area contributed by atoms with Crippen LogP contribution in [0.2, 0.25) is 0 Å². The predicted octanol–water partition coefficient (Wildman–Crippen LogP) is 1.49. The lowest BCUT2D eigenvalue weighted by Crippen LogP contribution is -2.28. The summed E-state index contributed by atoms with van der Waals surface area (Å²) in [6.07, 6.45) is 1.54. The summed E-state index contributed by atoms with van der Waals surface area (Å²) in [6, 6.07) is 0. The topological polar surface area (TPSA) is 84.0 Å². The summed E-state index contributed by atoms with van der Waals surface area (Å²) >= 11 is 2.51. The van der Waals surface area contributed by atoms with E-state index in [1.54, 1.807) is 17.0 Å². The Hall–Kier alpha value is -1.80. The van der Waals surface area contributed by atoms with Gasteiger partial charge in [-0.15, -0.1) is 22.7 Å². The van der Waals surface area contributed by atoms with E-state index in [-0.39, 0.29) is 0 Å². The third kappa shape index (κ3) is 3.08. The molecule has 2 N–H and O–H groups in total. The Balaban J connectivity index is 1.94. The molecule has 2 heterocycles. The van der Waals surface area contributed by atoms with E-state index in [1.165, 1.54) is 22.7 Å². The molecule has 0 saturated carbocycles. The van der Waals surface area contributed by atoms with Crippen LogP contribution in [0.1, 0.15) is 5.69 Å². The first-order valence-corrected chi connectivity index (χ1v) is 6.35. The summed E-state index contributed by atoms with van der Waals surface area (Å²) in [5, 5.41) is 9.08. The van der Waals surface area contributed by atoms with Crippen LogP contribution in [-0.2, 0) is 9.59 Å². The Kier molecular flexibility index (Phi) is 3.45. The van der Waals surface area contributed by atoms with Gasteiger partial charge < -0.3 is 0 Å². The molecule has 8 heteroatoms. The lowest BCUT2D eigenvalue weighted by Gasteiger charge is -2.00. The SMILES string of the molecule is Cc1csc(NC(=O)C(=O)Nc2nccs2)n1. The van der Waals surface area contributed by atoms with Crippen molar-refractivity contribution < 1.29 is 9.59 Å². The minimum absolute atomic E-state index is 0.389. The minimum Gasteiger partial charge on any atom is -0.294 e. The number of nitrogens with one attached hydrogen (secondary N) is 2. The van der Waals surface area contributed by atoms with Crippen molar-refractivity contribution in [3.05, 3.63) is 22.7 Å². The van der Waals surface area contributed by atoms with Crippen molar-refractivity contribution in [1.29, 1.82) is 0 Å². The fourth-order valence-electron chi connectivity index (χ4n) is 1.00. The third-order valence-corrected chi connectivity index (χ3v) is 3.26. The smallest absolute Gasteiger partial charge is 0.294 e. The zero-order valence-electron chi connectivity index (χ0n) is 8.76. The average Bonchev–Trinajstić information content (AvgIpc) is 2.90. The highest BCUT2D eigenvalue weighted by Crippen LogP contribution is 2.14. The summed E-state index contributed by atoms with van der Waals surface area (Å²) in [6.45, 7) is 1.81. The molecular formula is C9H8N4O2S2. The zero-order chi connectivity index (χ0) is 12.3. The minimum atomic E-state index is -0.757. The normalized spacial score (nSPS) is 9.94. The van der Waals surface area contributed by atoms with Gasteiger partial charge in [0.25, 0.3) is 0 Å². The van der Waals surface area contributed by atoms with E-state index < -0.39 is 11.8 Å². The Morgan fingerprint density at radius 2 is 1.88 bits per heavy atom. The van der Waals surface area contributed by atoms with Crippen LogP contribution >= 0.6 is 22.7 Å². The number of rotatable bonds is 2. The molecule has 0 aromatic carbocycles. The number of carbonyl (C=O) groups excluding carboxylic acids is 2. The highest BCUT2D eigenvalue weighted by molar-refractivity contribution is 7.14. The van der Waals surface area contributed by atoms with Gasteiger partial charge in [-0.05, 0) is 6.92 Å². The van der Waals surface area contributed by atoms with Crippen LogP contribution in [0.25, 0.3) is 0 Å². The van der Waals surface area contributed by atoms with Crippen molar-refractivity contribution in [3.63, 3.8) is 0 Å². The molecular weight excluding hydrogens is 260 g/mol. The van der Waals surface area contributed by atoms with Gasteiger partial charge in [0.1, 0.15) is 0 Å². The second-order valence-electron chi connectivity index (χ2n) is 3.04. The maximum atomic E-state index is 11.5. The summed E-state index contributed by atoms with van der Waals surface area (Å²) in [7, 11) is 0. The van der Waals surface area contributed by atoms with Gasteiger partial charge in [-0.3, -0.25) is 20.2 Å². The second kappa shape index (κ2) is 5.02. The molecule has 0 atom stereocenters. The Bertz CT molecular complexity index is 535. The second-order valence-corrected chi connectivity index (χ2v) is 4.79. The Labute approximate surface area is 105 Å². The van der Waals surface area contributed by atoms with Crippen molar-refractivity contribution in [2.24, 2.45) is 0 Å². The third-order valence-electron chi connectivity index (χ3n) is 1.70. The first-order chi connectivity index (χ1) is 8.15. The van der Waals surface area contributed by atoms with Gasteiger partial charge in [0.05, 0.1) is 5.69 Å². The van der Waals surface area contributed by atoms with Gasteiger partial charge in [-0.1, -0.05) is 0 Å². The van der Waals surface area contributed by atoms with Crippen molar-refractivity contribution in [3.8, 4) is 0 Å². The van der Waals surface area contributed by atoms with Gasteiger partial charge in [-0.2, -0.15) is 0 Å². The fraction of sp³-hybridized carbons (Fsp3) is 0.111. The molecule has 0 unspecified atom stereocenters. The van der Waals surface area contributed by atoms with E-state index in [4.69, 9.17) is 0 Å². The monoisotopic (exact) mass is 268 g/mol. The molecule has 17 heavy (non-hydrogen) atoms. The number of hydrogen-bond acceptors (Lipinski definition) is 6. The molecule has 2 aromatic heterocycles. The molecule has 0 radical (unpaired) electrons. The van der Waals surface area contributed by atoms with Crippen molar-refractivity contribution in [2.45, 2.75) is 6.92 Å². The van der Waals surface area contributed by atoms with E-state index in [1.807, 2.05) is 6.92 Å². The summed E-state index contributed by atoms with van der Waals surface area (Å²) < 4.78 is 0. The van der Waals surface area contributed by atoms with Gasteiger partial charge >= 0.3 is 11.8 Å². The summed E-state index contributed by atoms with van der Waals surface area (Å²) in [5.74, 6) is -1.51. The highest BCUT2D eigenvalue weighted by atomic mass is 32.1. The molecule has 0 aliphatic rings. The number of carbonyl (C=O) groups is 2. The first-order valence-electron chi connectivity index (χ1n) is 4.59. The van der Waals surface area contributed by atoms with Crippen LogP contribution in [0.5, 0.6) is 0 Å². The number of aryl methyl sites for hydroxylation is 1. The van der Waals surface area contributed by atoms with E-state index in [0.717, 1.165) is 5.69 Å². The van der Waals surface area contributed by atoms with Crippen LogP contribution in [0.15, 0.2) is 17.0 Å². The molecule has 0 aliphatic carbocycles. The molecule has 0 bridgehead atoms. The molecule has 2 amide bonds. The molecule has 0 aliphatic heterocycles. The number of anilines is 2. The quantitative estimate of drug-likeness (QED) is 0.808. The van der Waals surface area contributed by atoms with E-state index in [2.05, 4.69) is 20.6 Å². The maximum absolute atomic E-state index is 11.5. The molecule has 6 nitrogen and oxygen atoms in total. The highest BCUT2D eigenvalue weighted by Gasteiger charge is 2.16. The van der Waals surface area contributed by atoms with Crippen molar-refractivity contribution in [1.82, 2.24) is 9.97 Å². The number of amides is 2. The van der Waals surface area contributed by atoms with Crippen LogP contribution in [0.4, 0.5) is 10.3 Å². The van der Waals surface area contributed by atoms with E-state index in [0.29, 0.717) is 10.3 Å². The number of aromatic nitrogens is 2. The molecule has 2 aromatic rings. The summed E-state index contributed by atoms with van der Waals surface area (Å²) in [4.78, 5) is 30.8. The average molecular weight is 268 g/mol. The van der Waals surface area contributed by atoms with Gasteiger partial charge in [0.15, 0.2) is 10.3 Å². The molecule has 0 saturated heterocycles. The van der Waals surface area contributed by atoms with E-state index >= 15 is 0 Å². The Morgan fingerprint density at radius 3 is 2.41 bits per heavy atom. The lowest BCUT2D eigenvalue weighted by atomic mass is 10.5. The van der Waals surface area contributed by atoms with Crippen molar-refractivity contribution >= 4 is 44.8 Å².